The summed E-state index contributed by atoms with van der Waals surface area (Å²) < 4.78 is 38.2. The number of H-pyrrole nitrogens is 1. The van der Waals surface area contributed by atoms with E-state index >= 15 is 0 Å². The molecule has 1 aliphatic heterocycles. The van der Waals surface area contributed by atoms with Crippen LogP contribution >= 0.6 is 11.8 Å². The third-order valence-electron chi connectivity index (χ3n) is 3.91. The number of rotatable bonds is 4. The number of alkyl halides is 3. The van der Waals surface area contributed by atoms with Crippen molar-refractivity contribution < 1.29 is 18.0 Å². The number of amides is 1. The Morgan fingerprint density at radius 1 is 1.27 bits per heavy atom. The number of benzene rings is 1. The quantitative estimate of drug-likeness (QED) is 0.483. The maximum absolute atomic E-state index is 12.7. The number of aromatic amines is 1. The number of carbonyl (C=O) groups is 1. The van der Waals surface area contributed by atoms with Crippen LogP contribution in [0.1, 0.15) is 29.0 Å². The van der Waals surface area contributed by atoms with Crippen LogP contribution in [0.25, 0.3) is 0 Å². The molecule has 0 bridgehead atoms. The van der Waals surface area contributed by atoms with E-state index in [-0.39, 0.29) is 23.7 Å². The number of thioether (sulfide) groups is 1. The van der Waals surface area contributed by atoms with Gasteiger partial charge in [0.15, 0.2) is 5.16 Å². The maximum Gasteiger partial charge on any atom is 0.416 e. The molecule has 0 spiro atoms. The number of halogens is 3. The lowest BCUT2D eigenvalue weighted by atomic mass is 9.86. The van der Waals surface area contributed by atoms with Gasteiger partial charge in [-0.05, 0) is 17.7 Å². The van der Waals surface area contributed by atoms with Gasteiger partial charge in [-0.1, -0.05) is 30.0 Å². The number of anilines is 1. The van der Waals surface area contributed by atoms with E-state index in [1.807, 2.05) is 0 Å². The number of hydrogen-bond donors (Lipinski definition) is 2. The number of nitrogens with one attached hydrogen (secondary N) is 2. The van der Waals surface area contributed by atoms with Crippen molar-refractivity contribution in [2.45, 2.75) is 23.7 Å². The molecule has 3 rings (SSSR count). The van der Waals surface area contributed by atoms with Crippen LogP contribution in [0.2, 0.25) is 0 Å². The zero-order valence-corrected chi connectivity index (χ0v) is 14.2. The average Bonchev–Trinajstić information content (AvgIpc) is 2.58. The zero-order valence-electron chi connectivity index (χ0n) is 13.4. The number of aromatic nitrogens is 2. The summed E-state index contributed by atoms with van der Waals surface area (Å²) in [6.45, 7) is 3.58. The van der Waals surface area contributed by atoms with E-state index in [0.717, 1.165) is 12.1 Å². The third-order valence-corrected chi connectivity index (χ3v) is 4.78. The molecule has 0 saturated heterocycles. The summed E-state index contributed by atoms with van der Waals surface area (Å²) in [7, 11) is 0. The molecule has 0 fully saturated rings. The fourth-order valence-electron chi connectivity index (χ4n) is 2.75. The highest BCUT2D eigenvalue weighted by molar-refractivity contribution is 7.99. The van der Waals surface area contributed by atoms with Crippen molar-refractivity contribution in [3.05, 3.63) is 64.0 Å². The smallest absolute Gasteiger partial charge is 0.310 e. The highest BCUT2D eigenvalue weighted by Crippen LogP contribution is 2.36. The van der Waals surface area contributed by atoms with E-state index in [4.69, 9.17) is 0 Å². The average molecular weight is 381 g/mol. The molecule has 136 valence electrons. The molecule has 2 N–H and O–H groups in total. The molecule has 5 nitrogen and oxygen atoms in total. The molecule has 0 saturated carbocycles. The largest absolute Gasteiger partial charge is 0.416 e. The second-order valence-corrected chi connectivity index (χ2v) is 6.67. The minimum atomic E-state index is -4.45. The standard InChI is InChI=1S/C17H14F3N3O2S/c1-2-7-26-16-22-14-13(15(25)23-16)11(8-12(24)21-14)9-3-5-10(6-4-9)17(18,19)20/h2-6,11H,1,7-8H2,(H2,21,22,23,24,25). The fraction of sp³-hybridized carbons (Fsp3) is 0.235. The Hall–Kier alpha value is -2.55. The molecule has 1 aromatic carbocycles. The first-order chi connectivity index (χ1) is 12.3. The van der Waals surface area contributed by atoms with Gasteiger partial charge >= 0.3 is 6.18 Å². The Balaban J connectivity index is 2.02. The lowest BCUT2D eigenvalue weighted by Crippen LogP contribution is -2.31. The topological polar surface area (TPSA) is 74.8 Å². The maximum atomic E-state index is 12.7. The predicted octanol–water partition coefficient (Wildman–Crippen LogP) is 3.54. The van der Waals surface area contributed by atoms with Crippen LogP contribution in [0.5, 0.6) is 0 Å². The number of nitrogens with zero attached hydrogens (tertiary/aromatic N) is 1. The number of fused-ring (bicyclic) bond motifs is 1. The van der Waals surface area contributed by atoms with E-state index in [2.05, 4.69) is 21.9 Å². The second-order valence-electron chi connectivity index (χ2n) is 5.66. The number of hydrogen-bond acceptors (Lipinski definition) is 4. The van der Waals surface area contributed by atoms with Gasteiger partial charge < -0.3 is 10.3 Å². The summed E-state index contributed by atoms with van der Waals surface area (Å²) in [5, 5.41) is 2.90. The Bertz CT molecular complexity index is 907. The van der Waals surface area contributed by atoms with Crippen LogP contribution in [-0.4, -0.2) is 21.6 Å². The van der Waals surface area contributed by atoms with Gasteiger partial charge in [-0.2, -0.15) is 13.2 Å². The van der Waals surface area contributed by atoms with Crippen molar-refractivity contribution in [3.63, 3.8) is 0 Å². The van der Waals surface area contributed by atoms with Crippen LogP contribution in [0.15, 0.2) is 46.9 Å². The van der Waals surface area contributed by atoms with Crippen molar-refractivity contribution in [3.8, 4) is 0 Å². The first kappa shape index (κ1) is 18.2. The highest BCUT2D eigenvalue weighted by Gasteiger charge is 2.33. The summed E-state index contributed by atoms with van der Waals surface area (Å²) in [4.78, 5) is 31.4. The molecular weight excluding hydrogens is 367 g/mol. The zero-order chi connectivity index (χ0) is 18.9. The lowest BCUT2D eigenvalue weighted by Gasteiger charge is -2.24. The second kappa shape index (κ2) is 6.99. The Kier molecular flexibility index (Phi) is 4.90. The van der Waals surface area contributed by atoms with Gasteiger partial charge in [0.1, 0.15) is 5.82 Å². The molecule has 1 amide bonds. The monoisotopic (exact) mass is 381 g/mol. The molecule has 1 aromatic heterocycles. The fourth-order valence-corrected chi connectivity index (χ4v) is 3.34. The van der Waals surface area contributed by atoms with Gasteiger partial charge in [0, 0.05) is 18.1 Å². The van der Waals surface area contributed by atoms with Gasteiger partial charge in [0.05, 0.1) is 11.1 Å². The summed E-state index contributed by atoms with van der Waals surface area (Å²) in [5.41, 5.74) is -0.517. The normalized spacial score (nSPS) is 16.7. The van der Waals surface area contributed by atoms with Gasteiger partial charge in [-0.25, -0.2) is 4.98 Å². The van der Waals surface area contributed by atoms with E-state index in [1.165, 1.54) is 23.9 Å². The van der Waals surface area contributed by atoms with Gasteiger partial charge in [0.2, 0.25) is 5.91 Å². The molecule has 0 aliphatic carbocycles. The molecule has 1 atom stereocenters. The predicted molar refractivity (Wildman–Crippen MR) is 92.3 cm³/mol. The van der Waals surface area contributed by atoms with Crippen LogP contribution < -0.4 is 10.9 Å². The van der Waals surface area contributed by atoms with E-state index in [1.54, 1.807) is 6.08 Å². The summed E-state index contributed by atoms with van der Waals surface area (Å²) >= 11 is 1.25. The molecule has 2 heterocycles. The Morgan fingerprint density at radius 2 is 1.96 bits per heavy atom. The SMILES string of the molecule is C=CCSc1nc2c(c(=O)[nH]1)C(c1ccc(C(F)(F)F)cc1)CC(=O)N2. The van der Waals surface area contributed by atoms with E-state index in [0.29, 0.717) is 16.5 Å². The van der Waals surface area contributed by atoms with Gasteiger partial charge in [0.25, 0.3) is 5.56 Å². The van der Waals surface area contributed by atoms with Crippen molar-refractivity contribution in [2.24, 2.45) is 0 Å². The van der Waals surface area contributed by atoms with Crippen LogP contribution in [0.3, 0.4) is 0 Å². The Labute approximate surface area is 150 Å². The minimum Gasteiger partial charge on any atom is -0.310 e. The van der Waals surface area contributed by atoms with Crippen molar-refractivity contribution in [2.75, 3.05) is 11.1 Å². The number of carbonyl (C=O) groups excluding carboxylic acids is 1. The van der Waals surface area contributed by atoms with Crippen molar-refractivity contribution in [1.29, 1.82) is 0 Å². The first-order valence-corrected chi connectivity index (χ1v) is 8.63. The molecule has 26 heavy (non-hydrogen) atoms. The molecule has 2 aromatic rings. The molecule has 9 heteroatoms. The van der Waals surface area contributed by atoms with E-state index < -0.39 is 23.2 Å². The summed E-state index contributed by atoms with van der Waals surface area (Å²) in [6.07, 6.45) is -2.84. The summed E-state index contributed by atoms with van der Waals surface area (Å²) in [6, 6.07) is 4.46. The van der Waals surface area contributed by atoms with Crippen LogP contribution in [0.4, 0.5) is 19.0 Å². The van der Waals surface area contributed by atoms with Gasteiger partial charge in [-0.15, -0.1) is 6.58 Å². The molecule has 0 radical (unpaired) electrons. The third kappa shape index (κ3) is 3.67. The molecular formula is C17H14F3N3O2S. The highest BCUT2D eigenvalue weighted by atomic mass is 32.2. The first-order valence-electron chi connectivity index (χ1n) is 7.64. The van der Waals surface area contributed by atoms with E-state index in [9.17, 15) is 22.8 Å². The van der Waals surface area contributed by atoms with Crippen molar-refractivity contribution in [1.82, 2.24) is 9.97 Å². The molecule has 1 unspecified atom stereocenters. The van der Waals surface area contributed by atoms with Crippen LogP contribution in [-0.2, 0) is 11.0 Å². The lowest BCUT2D eigenvalue weighted by molar-refractivity contribution is -0.137. The van der Waals surface area contributed by atoms with Gasteiger partial charge in [-0.3, -0.25) is 9.59 Å². The molecule has 1 aliphatic rings. The summed E-state index contributed by atoms with van der Waals surface area (Å²) in [5.74, 6) is -0.338. The Morgan fingerprint density at radius 3 is 2.58 bits per heavy atom. The van der Waals surface area contributed by atoms with Crippen LogP contribution in [0, 0.1) is 0 Å². The van der Waals surface area contributed by atoms with Crippen molar-refractivity contribution >= 4 is 23.5 Å². The minimum absolute atomic E-state index is 0.0394.